The Morgan fingerprint density at radius 2 is 1.97 bits per heavy atom. The number of carbonyl (C=O) groups is 1. The number of aromatic nitrogens is 3. The predicted molar refractivity (Wildman–Crippen MR) is 125 cm³/mol. The summed E-state index contributed by atoms with van der Waals surface area (Å²) in [6.07, 6.45) is 5.74. The lowest BCUT2D eigenvalue weighted by molar-refractivity contribution is -0.117. The van der Waals surface area contributed by atoms with Crippen molar-refractivity contribution in [3.05, 3.63) is 83.9 Å². The number of rotatable bonds is 3. The number of aliphatic hydroxyl groups excluding tert-OH is 1. The van der Waals surface area contributed by atoms with Crippen LogP contribution < -0.4 is 4.90 Å². The van der Waals surface area contributed by atoms with Gasteiger partial charge in [-0.15, -0.1) is 0 Å². The molecule has 2 aromatic carbocycles. The van der Waals surface area contributed by atoms with Crippen molar-refractivity contribution in [2.75, 3.05) is 18.1 Å². The fourth-order valence-electron chi connectivity index (χ4n) is 4.87. The Morgan fingerprint density at radius 3 is 2.71 bits per heavy atom. The van der Waals surface area contributed by atoms with Crippen molar-refractivity contribution in [1.82, 2.24) is 14.1 Å². The molecule has 2 aliphatic rings. The summed E-state index contributed by atoms with van der Waals surface area (Å²) >= 11 is 0. The smallest absolute Gasteiger partial charge is 0.227 e. The predicted octanol–water partition coefficient (Wildman–Crippen LogP) is 4.40. The van der Waals surface area contributed by atoms with Crippen LogP contribution in [0.25, 0.3) is 33.2 Å². The first-order valence-electron chi connectivity index (χ1n) is 11.0. The van der Waals surface area contributed by atoms with Crippen LogP contribution in [0.3, 0.4) is 0 Å². The topological polar surface area (TPSA) is 67.7 Å². The summed E-state index contributed by atoms with van der Waals surface area (Å²) in [4.78, 5) is 21.9. The third kappa shape index (κ3) is 3.13. The molecule has 6 rings (SSSR count). The van der Waals surface area contributed by atoms with Crippen LogP contribution in [0.4, 0.5) is 15.8 Å². The molecule has 34 heavy (non-hydrogen) atoms. The van der Waals surface area contributed by atoms with Gasteiger partial charge in [0, 0.05) is 62.3 Å². The van der Waals surface area contributed by atoms with Crippen molar-refractivity contribution in [2.45, 2.75) is 13.0 Å². The highest BCUT2D eigenvalue weighted by Gasteiger charge is 2.33. The minimum Gasteiger partial charge on any atom is -0.396 e. The maximum atomic E-state index is 15.3. The minimum absolute atomic E-state index is 0.0977. The number of anilines is 1. The third-order valence-electron chi connectivity index (χ3n) is 6.60. The number of nitrogens with zero attached hydrogens (tertiary/aromatic N) is 5. The lowest BCUT2D eigenvalue weighted by Gasteiger charge is -2.20. The van der Waals surface area contributed by atoms with E-state index in [1.165, 1.54) is 11.0 Å². The van der Waals surface area contributed by atoms with E-state index in [1.54, 1.807) is 24.4 Å². The maximum absolute atomic E-state index is 15.3. The number of amides is 1. The van der Waals surface area contributed by atoms with E-state index in [2.05, 4.69) is 14.4 Å². The van der Waals surface area contributed by atoms with Crippen LogP contribution in [0.2, 0.25) is 0 Å². The highest BCUT2D eigenvalue weighted by Crippen LogP contribution is 2.37. The van der Waals surface area contributed by atoms with E-state index in [1.807, 2.05) is 35.2 Å². The van der Waals surface area contributed by atoms with Crippen molar-refractivity contribution < 1.29 is 14.3 Å². The first-order chi connectivity index (χ1) is 16.6. The molecule has 1 N–H and O–H groups in total. The van der Waals surface area contributed by atoms with Crippen molar-refractivity contribution in [1.29, 1.82) is 0 Å². The molecule has 0 bridgehead atoms. The van der Waals surface area contributed by atoms with Gasteiger partial charge in [0.05, 0.1) is 23.6 Å². The number of halogens is 1. The second-order valence-corrected chi connectivity index (χ2v) is 8.71. The Morgan fingerprint density at radius 1 is 1.15 bits per heavy atom. The lowest BCUT2D eigenvalue weighted by Crippen LogP contribution is -2.26. The van der Waals surface area contributed by atoms with Gasteiger partial charge in [-0.05, 0) is 23.3 Å². The summed E-state index contributed by atoms with van der Waals surface area (Å²) in [5, 5.41) is 9.47. The van der Waals surface area contributed by atoms with E-state index in [0.717, 1.165) is 22.4 Å². The molecule has 168 valence electrons. The molecule has 1 fully saturated rings. The molecule has 0 radical (unpaired) electrons. The maximum Gasteiger partial charge on any atom is 0.227 e. The molecule has 1 saturated heterocycles. The number of aliphatic hydroxyl groups is 1. The Balaban J connectivity index is 1.46. The van der Waals surface area contributed by atoms with Crippen LogP contribution in [0.1, 0.15) is 12.0 Å². The summed E-state index contributed by atoms with van der Waals surface area (Å²) in [7, 11) is 0. The monoisotopic (exact) mass is 453 g/mol. The average Bonchev–Trinajstić information content (AvgIpc) is 3.57. The van der Waals surface area contributed by atoms with Crippen LogP contribution in [0, 0.1) is 18.3 Å². The van der Waals surface area contributed by atoms with Gasteiger partial charge in [-0.2, -0.15) is 0 Å². The number of benzene rings is 2. The van der Waals surface area contributed by atoms with Crippen molar-refractivity contribution >= 4 is 17.3 Å². The van der Waals surface area contributed by atoms with Gasteiger partial charge in [-0.3, -0.25) is 9.36 Å². The highest BCUT2D eigenvalue weighted by atomic mass is 19.1. The van der Waals surface area contributed by atoms with Crippen LogP contribution >= 0.6 is 0 Å². The molecule has 1 amide bonds. The minimum atomic E-state index is -0.475. The van der Waals surface area contributed by atoms with Gasteiger partial charge in [-0.1, -0.05) is 24.3 Å². The first kappa shape index (κ1) is 20.4. The summed E-state index contributed by atoms with van der Waals surface area (Å²) in [5.74, 6) is -0.134. The zero-order valence-corrected chi connectivity index (χ0v) is 18.1. The van der Waals surface area contributed by atoms with Gasteiger partial charge in [0.2, 0.25) is 5.91 Å². The summed E-state index contributed by atoms with van der Waals surface area (Å²) in [6, 6.07) is 12.7. The second kappa shape index (κ2) is 7.68. The lowest BCUT2D eigenvalue weighted by atomic mass is 10.1. The normalized spacial score (nSPS) is 16.6. The quantitative estimate of drug-likeness (QED) is 0.412. The van der Waals surface area contributed by atoms with Gasteiger partial charge >= 0.3 is 0 Å². The van der Waals surface area contributed by atoms with Crippen LogP contribution in [0.15, 0.2) is 61.1 Å². The van der Waals surface area contributed by atoms with Gasteiger partial charge < -0.3 is 14.6 Å². The molecule has 0 unspecified atom stereocenters. The number of imidazole rings is 1. The number of fused-ring (bicyclic) bond motifs is 5. The molecule has 0 spiro atoms. The summed E-state index contributed by atoms with van der Waals surface area (Å²) < 4.78 is 19.2. The molecular formula is C26H20FN5O2. The summed E-state index contributed by atoms with van der Waals surface area (Å²) in [5.41, 5.74) is 5.25. The SMILES string of the molecule is [C-]#[N+]c1ccc(-c2cc3n(c2)Cc2cc(N4C[C@@H](CO)CC4=O)c(F)cc2-n2ccnc2-3)cc1. The standard InChI is InChI=1S/C26H20FN5O2/c1-28-20-4-2-17(3-5-20)18-9-24-26-29-6-7-31(26)22-11-21(27)23(10-19(22)14-30(24)13-18)32-12-16(15-33)8-25(32)34/h2-7,9-11,13,16,33H,8,12,14-15H2/t16-/m0/s1. The molecule has 1 atom stereocenters. The van der Waals surface area contributed by atoms with Crippen LogP contribution in [-0.2, 0) is 11.3 Å². The molecule has 4 aromatic rings. The van der Waals surface area contributed by atoms with E-state index in [4.69, 9.17) is 6.57 Å². The van der Waals surface area contributed by atoms with Crippen molar-refractivity contribution in [3.63, 3.8) is 0 Å². The van der Waals surface area contributed by atoms with E-state index < -0.39 is 5.82 Å². The zero-order chi connectivity index (χ0) is 23.4. The largest absolute Gasteiger partial charge is 0.396 e. The fourth-order valence-corrected chi connectivity index (χ4v) is 4.87. The van der Waals surface area contributed by atoms with Crippen molar-refractivity contribution in [2.24, 2.45) is 5.92 Å². The first-order valence-corrected chi connectivity index (χ1v) is 11.0. The Bertz CT molecular complexity index is 1480. The van der Waals surface area contributed by atoms with Gasteiger partial charge in [-0.25, -0.2) is 14.2 Å². The fraction of sp³-hybridized carbons (Fsp3) is 0.192. The van der Waals surface area contributed by atoms with Gasteiger partial charge in [0.1, 0.15) is 5.82 Å². The van der Waals surface area contributed by atoms with Gasteiger partial charge in [0.25, 0.3) is 0 Å². The highest BCUT2D eigenvalue weighted by molar-refractivity contribution is 5.96. The molecule has 7 nitrogen and oxygen atoms in total. The molecular weight excluding hydrogens is 433 g/mol. The molecule has 0 saturated carbocycles. The summed E-state index contributed by atoms with van der Waals surface area (Å²) in [6.45, 7) is 7.84. The zero-order valence-electron chi connectivity index (χ0n) is 18.1. The van der Waals surface area contributed by atoms with Crippen LogP contribution in [0.5, 0.6) is 0 Å². The molecule has 2 aliphatic heterocycles. The molecule has 0 aliphatic carbocycles. The van der Waals surface area contributed by atoms with E-state index in [-0.39, 0.29) is 30.5 Å². The third-order valence-corrected chi connectivity index (χ3v) is 6.60. The second-order valence-electron chi connectivity index (χ2n) is 8.71. The average molecular weight is 453 g/mol. The Hall–Kier alpha value is -4.22. The number of hydrogen-bond donors (Lipinski definition) is 1. The molecule has 2 aromatic heterocycles. The van der Waals surface area contributed by atoms with E-state index in [9.17, 15) is 9.90 Å². The number of hydrogen-bond acceptors (Lipinski definition) is 3. The Kier molecular flexibility index (Phi) is 4.61. The number of carbonyl (C=O) groups excluding carboxylic acids is 1. The van der Waals surface area contributed by atoms with E-state index in [0.29, 0.717) is 30.3 Å². The molecule has 4 heterocycles. The Labute approximate surface area is 195 Å². The van der Waals surface area contributed by atoms with Crippen molar-refractivity contribution in [3.8, 4) is 28.3 Å². The van der Waals surface area contributed by atoms with E-state index >= 15 is 4.39 Å². The van der Waals surface area contributed by atoms with Crippen LogP contribution in [-0.4, -0.2) is 38.3 Å². The van der Waals surface area contributed by atoms with Gasteiger partial charge in [0.15, 0.2) is 11.5 Å². The molecule has 8 heteroatoms.